The summed E-state index contributed by atoms with van der Waals surface area (Å²) in [6.45, 7) is -2.09. The summed E-state index contributed by atoms with van der Waals surface area (Å²) in [6.07, 6.45) is -117. The van der Waals surface area contributed by atoms with Gasteiger partial charge in [0.1, 0.15) is 238 Å². The number of aliphatic hydroxyl groups is 24. The Balaban J connectivity index is 0.784. The van der Waals surface area contributed by atoms with Crippen LogP contribution in [0, 0.1) is 0 Å². The first kappa shape index (κ1) is 118. The summed E-state index contributed by atoms with van der Waals surface area (Å²) in [5.41, 5.74) is 0. The minimum atomic E-state index is -2.77. The fourth-order valence-electron chi connectivity index (χ4n) is 18.2. The number of carbonyl (C=O) groups excluding carboxylic acids is 6. The second-order valence-electron chi connectivity index (χ2n) is 35.4. The zero-order valence-corrected chi connectivity index (χ0v) is 76.5. The molecule has 145 heavy (non-hydrogen) atoms. The number of hydrogen-bond acceptors (Lipinski definition) is 56. The summed E-state index contributed by atoms with van der Waals surface area (Å²) in [7, 11) is 0. The molecule has 0 saturated carbocycles. The van der Waals surface area contributed by atoms with E-state index in [-0.39, 0.29) is 0 Å². The SMILES string of the molecule is CC(=O)N[C@@H]1[C@@H](O[C@@H]2O[C@H](C(=O)O)[C@@H](O[C@@H]3O[C@H](CO)[C@@H](O)[C@H](O[C@@H]4O[C@H](C(=O)O)[C@@H](O[C@@H]5O[C@H](CO)[C@@H](O)[C@H](O[C@@H]6O[C@H](C(=O)O)[C@@H](O[C@@H]7O[C@H](CO)[C@@H](O)[C@H](O[C@@H]8O[C@H](C(=O)O)[C@@H](O[C@@H]9O[C@H](CO)[C@@H](O)[C@H](O[C@@H]%10O[C@H](C(=O)O)[C@@H](O[C@@H]%11O[C@H](CO)[C@@H](O)[C@H](O)[C@H]%11NC(C)=O)[C@H](O)[C@H]%10O)[C@H]9NC(C)=O)[C@H](O)[C@H]8O)[C@H]7NC(C)=O)[C@H](O)[C@H]6O)[C@H]5NC(C)=O)[C@H](O)[C@H]4O)[C@H]3NC(C)=O)[C@H](O)[C@H]2O)[C@H](O)[C@@H](CO)O[C@H]1O. The van der Waals surface area contributed by atoms with Crippen LogP contribution in [0.2, 0.25) is 0 Å². The highest BCUT2D eigenvalue weighted by Gasteiger charge is 2.65. The van der Waals surface area contributed by atoms with Gasteiger partial charge in [0.25, 0.3) is 0 Å². The Morgan fingerprint density at radius 1 is 0.186 bits per heavy atom. The lowest BCUT2D eigenvalue weighted by Crippen LogP contribution is -2.72. The summed E-state index contributed by atoms with van der Waals surface area (Å²) in [5, 5.41) is 337. The molecule has 35 N–H and O–H groups in total. The quantitative estimate of drug-likeness (QED) is 0.0275. The Hall–Kier alpha value is -7.63. The molecule has 0 aromatic rings. The topological polar surface area (TPSA) is 1040 Å². The summed E-state index contributed by atoms with van der Waals surface area (Å²) < 4.78 is 120. The van der Waals surface area contributed by atoms with E-state index < -0.39 is 442 Å². The molecule has 11 fully saturated rings. The van der Waals surface area contributed by atoms with Gasteiger partial charge in [0, 0.05) is 41.5 Å². The van der Waals surface area contributed by atoms with E-state index in [0.717, 1.165) is 41.5 Å². The highest BCUT2D eigenvalue weighted by molar-refractivity contribution is 5.78. The van der Waals surface area contributed by atoms with Crippen LogP contribution < -0.4 is 31.9 Å². The van der Waals surface area contributed by atoms with Gasteiger partial charge in [0.05, 0.1) is 39.6 Å². The maximum atomic E-state index is 13.5. The minimum Gasteiger partial charge on any atom is -0.479 e. The van der Waals surface area contributed by atoms with Crippen molar-refractivity contribution in [3.05, 3.63) is 0 Å². The van der Waals surface area contributed by atoms with Crippen molar-refractivity contribution in [3.8, 4) is 0 Å². The number of amides is 6. The molecule has 828 valence electrons. The largest absolute Gasteiger partial charge is 0.479 e. The molecule has 55 atom stereocenters. The molecule has 67 nitrogen and oxygen atoms in total. The molecule has 0 bridgehead atoms. The van der Waals surface area contributed by atoms with E-state index >= 15 is 0 Å². The number of carboxylic acids is 5. The van der Waals surface area contributed by atoms with Gasteiger partial charge in [-0.1, -0.05) is 0 Å². The second kappa shape index (κ2) is 50.1. The number of aliphatic hydroxyl groups excluding tert-OH is 24. The third-order valence-corrected chi connectivity index (χ3v) is 25.2. The number of carbonyl (C=O) groups is 11. The van der Waals surface area contributed by atoms with Gasteiger partial charge in [0.15, 0.2) is 99.7 Å². The van der Waals surface area contributed by atoms with E-state index in [1.807, 2.05) is 0 Å². The summed E-state index contributed by atoms with van der Waals surface area (Å²) in [5.74, 6) is -16.8. The Morgan fingerprint density at radius 3 is 0.531 bits per heavy atom. The summed E-state index contributed by atoms with van der Waals surface area (Å²) >= 11 is 0. The third kappa shape index (κ3) is 25.9. The lowest BCUT2D eigenvalue weighted by molar-refractivity contribution is -0.382. The van der Waals surface area contributed by atoms with E-state index in [1.54, 1.807) is 0 Å². The number of aliphatic carboxylic acids is 5. The molecule has 0 radical (unpaired) electrons. The van der Waals surface area contributed by atoms with Gasteiger partial charge in [-0.15, -0.1) is 0 Å². The fourth-order valence-corrected chi connectivity index (χ4v) is 18.2. The standard InChI is InChI=1S/C78H120N6O61/c1-13(91)79-25-37(103)31(97)19(7-85)126-69(25)136-53-38(104)44(110)75(142-58(53)63(114)115)132-49-27(81-15(3)93)71(128-21(9-87)33(49)99)138-55-40(106)46(112)77(144-60(55)65(118)119)134-51-29(83-17(5)95)73(130-23(11-89)35(51)101)140-57-42(108)47(113)78(145-62(57)67(122)123)135-52-30(84-18(6)96)72(129-24(12-90)36(52)102)139-56-41(107)45(111)76(143-61(56)66(120)121)133-50-28(82-16(4)94)70(127-22(10-88)34(50)100)137-54-39(105)43(109)74(141-59(54)64(116)117)131-48-26(80-14(2)92)68(124)125-20(8-86)32(48)98/h19-62,68-78,85-90,97-113,124H,7-12H2,1-6H3,(H,79,91)(H,80,92)(H,81,93)(H,82,94)(H,83,95)(H,84,96)(H,114,115)(H,116,117)(H,118,119)(H,120,121)(H,122,123)/t19-,20-,21-,22-,23-,24-,25-,26-,27-,28-,29-,30-,31-,32-,33-,34-,35-,36-,37-,38-,39-,40-,41-,42-,43-,44-,45-,46-,47-,48-,49-,50-,51-,52-,53+,54+,55+,56+,57+,58+,59+,60+,61+,62+,68-,69+,70+,71+,72+,73+,74-,75-,76-,77-,78-/m1/s1. The lowest BCUT2D eigenvalue weighted by atomic mass is 9.93. The van der Waals surface area contributed by atoms with Gasteiger partial charge in [-0.3, -0.25) is 28.8 Å². The van der Waals surface area contributed by atoms with Crippen molar-refractivity contribution in [2.45, 2.75) is 379 Å². The first-order valence-electron chi connectivity index (χ1n) is 44.6. The molecule has 0 spiro atoms. The van der Waals surface area contributed by atoms with Gasteiger partial charge >= 0.3 is 29.8 Å². The number of hydrogen-bond donors (Lipinski definition) is 35. The van der Waals surface area contributed by atoms with Gasteiger partial charge in [0.2, 0.25) is 35.4 Å². The van der Waals surface area contributed by atoms with Crippen LogP contribution in [0.3, 0.4) is 0 Å². The monoisotopic (exact) mass is 2120 g/mol. The Labute approximate surface area is 813 Å². The summed E-state index contributed by atoms with van der Waals surface area (Å²) in [6, 6.07) is -12.3. The average molecular weight is 2120 g/mol. The van der Waals surface area contributed by atoms with Crippen LogP contribution in [0.5, 0.6) is 0 Å². The number of carboxylic acid groups (broad SMARTS) is 5. The van der Waals surface area contributed by atoms with Crippen molar-refractivity contribution in [1.82, 2.24) is 31.9 Å². The highest BCUT2D eigenvalue weighted by atomic mass is 16.8. The van der Waals surface area contributed by atoms with Crippen LogP contribution in [0.4, 0.5) is 0 Å². The van der Waals surface area contributed by atoms with Crippen molar-refractivity contribution >= 4 is 65.3 Å². The molecular weight excluding hydrogens is 2000 g/mol. The van der Waals surface area contributed by atoms with Crippen LogP contribution in [0.1, 0.15) is 41.5 Å². The van der Waals surface area contributed by atoms with Crippen molar-refractivity contribution < 1.29 is 300 Å². The van der Waals surface area contributed by atoms with Gasteiger partial charge in [-0.05, 0) is 0 Å². The second-order valence-corrected chi connectivity index (χ2v) is 35.4. The third-order valence-electron chi connectivity index (χ3n) is 25.2. The van der Waals surface area contributed by atoms with Crippen LogP contribution in [0.25, 0.3) is 0 Å². The maximum absolute atomic E-state index is 13.5. The molecule has 11 saturated heterocycles. The molecule has 0 unspecified atom stereocenters. The van der Waals surface area contributed by atoms with Crippen molar-refractivity contribution in [2.24, 2.45) is 0 Å². The Kier molecular flexibility index (Phi) is 40.6. The van der Waals surface area contributed by atoms with Gasteiger partial charge in [-0.2, -0.15) is 0 Å². The van der Waals surface area contributed by atoms with Crippen LogP contribution in [0.15, 0.2) is 0 Å². The van der Waals surface area contributed by atoms with Crippen LogP contribution >= 0.6 is 0 Å². The highest BCUT2D eigenvalue weighted by Crippen LogP contribution is 2.43. The molecule has 6 amide bonds. The number of nitrogens with one attached hydrogen (secondary N) is 6. The molecule has 11 aliphatic rings. The van der Waals surface area contributed by atoms with Crippen molar-refractivity contribution in [1.29, 1.82) is 0 Å². The first-order valence-corrected chi connectivity index (χ1v) is 44.6. The molecule has 0 aromatic heterocycles. The van der Waals surface area contributed by atoms with E-state index in [1.165, 1.54) is 0 Å². The number of rotatable bonds is 37. The maximum Gasteiger partial charge on any atom is 0.335 e. The fraction of sp³-hybridized carbons (Fsp3) is 0.859. The predicted molar refractivity (Wildman–Crippen MR) is 435 cm³/mol. The van der Waals surface area contributed by atoms with E-state index in [4.69, 9.17) is 99.5 Å². The van der Waals surface area contributed by atoms with Crippen LogP contribution in [-0.2, 0) is 152 Å². The minimum absolute atomic E-state index is 0.785. The molecule has 11 heterocycles. The Morgan fingerprint density at radius 2 is 0.345 bits per heavy atom. The summed E-state index contributed by atoms with van der Waals surface area (Å²) in [4.78, 5) is 143. The Bertz CT molecular complexity index is 4320. The van der Waals surface area contributed by atoms with Crippen molar-refractivity contribution in [2.75, 3.05) is 39.6 Å². The van der Waals surface area contributed by atoms with Gasteiger partial charge < -0.3 is 279 Å². The average Bonchev–Trinajstić information content (AvgIpc) is 0.759. The lowest BCUT2D eigenvalue weighted by Gasteiger charge is -2.51. The molecular formula is C78H120N6O61. The molecule has 0 aliphatic carbocycles. The van der Waals surface area contributed by atoms with E-state index in [2.05, 4.69) is 31.9 Å². The molecule has 11 aliphatic heterocycles. The van der Waals surface area contributed by atoms with Crippen LogP contribution in [-0.4, -0.2) is 590 Å². The van der Waals surface area contributed by atoms with Gasteiger partial charge in [-0.25, -0.2) is 24.0 Å². The smallest absolute Gasteiger partial charge is 0.335 e. The zero-order chi connectivity index (χ0) is 107. The predicted octanol–water partition coefficient (Wildman–Crippen LogP) is -23.7. The van der Waals surface area contributed by atoms with E-state index in [9.17, 15) is 201 Å². The first-order chi connectivity index (χ1) is 68.2. The molecule has 0 aromatic carbocycles. The number of ether oxygens (including phenoxy) is 21. The molecule has 11 rings (SSSR count). The van der Waals surface area contributed by atoms with E-state index in [0.29, 0.717) is 0 Å². The zero-order valence-electron chi connectivity index (χ0n) is 76.5. The van der Waals surface area contributed by atoms with Crippen molar-refractivity contribution in [3.63, 3.8) is 0 Å². The molecule has 67 heteroatoms. The normalized spacial score (nSPS) is 46.6.